The number of hydrogen-bond donors (Lipinski definition) is 0. The summed E-state index contributed by atoms with van der Waals surface area (Å²) in [6.07, 6.45) is 3.74. The first-order valence-corrected chi connectivity index (χ1v) is 8.13. The minimum Gasteiger partial charge on any atom is -0.493 e. The van der Waals surface area contributed by atoms with Crippen molar-refractivity contribution in [3.63, 3.8) is 0 Å². The lowest BCUT2D eigenvalue weighted by atomic mass is 10.2. The first-order chi connectivity index (χ1) is 10.3. The van der Waals surface area contributed by atoms with Gasteiger partial charge in [0.15, 0.2) is 0 Å². The zero-order valence-electron chi connectivity index (χ0n) is 12.1. The molecule has 1 aliphatic carbocycles. The van der Waals surface area contributed by atoms with Gasteiger partial charge in [0.25, 0.3) is 0 Å². The number of benzene rings is 1. The van der Waals surface area contributed by atoms with Gasteiger partial charge in [-0.3, -0.25) is 0 Å². The normalized spacial score (nSPS) is 13.9. The third kappa shape index (κ3) is 3.62. The van der Waals surface area contributed by atoms with Crippen molar-refractivity contribution < 1.29 is 4.74 Å². The largest absolute Gasteiger partial charge is 0.493 e. The van der Waals surface area contributed by atoms with E-state index >= 15 is 0 Å². The van der Waals surface area contributed by atoms with E-state index in [9.17, 15) is 0 Å². The summed E-state index contributed by atoms with van der Waals surface area (Å²) >= 11 is 1.68. The molecule has 1 aromatic carbocycles. The van der Waals surface area contributed by atoms with E-state index in [1.54, 1.807) is 11.3 Å². The highest BCUT2D eigenvalue weighted by Gasteiger charge is 2.29. The number of ether oxygens (including phenoxy) is 1. The van der Waals surface area contributed by atoms with Crippen LogP contribution in [0.5, 0.6) is 5.75 Å². The third-order valence-electron chi connectivity index (χ3n) is 3.58. The lowest BCUT2D eigenvalue weighted by molar-refractivity contribution is 0.321. The van der Waals surface area contributed by atoms with E-state index in [4.69, 9.17) is 15.0 Å². The zero-order chi connectivity index (χ0) is 14.7. The molecule has 1 aromatic heterocycles. The molecule has 0 unspecified atom stereocenters. The van der Waals surface area contributed by atoms with Crippen molar-refractivity contribution in [1.82, 2.24) is 4.98 Å². The third-order valence-corrected chi connectivity index (χ3v) is 4.71. The second-order valence-corrected chi connectivity index (χ2v) is 6.60. The number of rotatable bonds is 6. The van der Waals surface area contributed by atoms with E-state index in [2.05, 4.69) is 25.1 Å². The van der Waals surface area contributed by atoms with Gasteiger partial charge in [0.1, 0.15) is 5.75 Å². The minimum atomic E-state index is 0.488. The van der Waals surface area contributed by atoms with Gasteiger partial charge in [-0.1, -0.05) is 17.7 Å². The van der Waals surface area contributed by atoms with Crippen LogP contribution in [0.25, 0.3) is 0 Å². The highest BCUT2D eigenvalue weighted by molar-refractivity contribution is 7.11. The molecule has 2 aromatic rings. The molecule has 108 valence electrons. The van der Waals surface area contributed by atoms with Gasteiger partial charge in [0.2, 0.25) is 0 Å². The highest BCUT2D eigenvalue weighted by atomic mass is 32.1. The molecule has 0 aliphatic heterocycles. The Labute approximate surface area is 129 Å². The number of nitrogens with zero attached hydrogens (tertiary/aromatic N) is 2. The van der Waals surface area contributed by atoms with Crippen LogP contribution in [0.4, 0.5) is 0 Å². The molecule has 4 heteroatoms. The van der Waals surface area contributed by atoms with E-state index in [0.29, 0.717) is 18.9 Å². The van der Waals surface area contributed by atoms with Crippen LogP contribution >= 0.6 is 11.3 Å². The summed E-state index contributed by atoms with van der Waals surface area (Å²) in [5.74, 6) is 1.51. The Bertz CT molecular complexity index is 650. The number of aryl methyl sites for hydroxylation is 1. The van der Waals surface area contributed by atoms with Crippen LogP contribution in [0, 0.1) is 18.3 Å². The van der Waals surface area contributed by atoms with E-state index < -0.39 is 0 Å². The van der Waals surface area contributed by atoms with E-state index in [-0.39, 0.29) is 0 Å². The fraction of sp³-hybridized carbons (Fsp3) is 0.412. The summed E-state index contributed by atoms with van der Waals surface area (Å²) in [7, 11) is 0. The van der Waals surface area contributed by atoms with E-state index in [0.717, 1.165) is 22.1 Å². The van der Waals surface area contributed by atoms with Gasteiger partial charge >= 0.3 is 0 Å². The number of hydrogen-bond acceptors (Lipinski definition) is 4. The van der Waals surface area contributed by atoms with Crippen molar-refractivity contribution in [3.05, 3.63) is 45.4 Å². The summed E-state index contributed by atoms with van der Waals surface area (Å²) in [6.45, 7) is 2.70. The molecule has 0 amide bonds. The fourth-order valence-corrected chi connectivity index (χ4v) is 3.35. The lowest BCUT2D eigenvalue weighted by Gasteiger charge is -2.04. The SMILES string of the molecule is Cc1ccc(OCCc2nc(C3CC3)c(CC#N)s2)cc1. The maximum atomic E-state index is 8.91. The molecule has 0 radical (unpaired) electrons. The van der Waals surface area contributed by atoms with Gasteiger partial charge in [0.05, 0.1) is 29.8 Å². The zero-order valence-corrected chi connectivity index (χ0v) is 12.9. The molecule has 1 saturated carbocycles. The molecule has 3 nitrogen and oxygen atoms in total. The maximum Gasteiger partial charge on any atom is 0.119 e. The molecule has 0 saturated heterocycles. The van der Waals surface area contributed by atoms with Gasteiger partial charge in [0, 0.05) is 17.2 Å². The van der Waals surface area contributed by atoms with Crippen LogP contribution in [-0.2, 0) is 12.8 Å². The Morgan fingerprint density at radius 1 is 1.33 bits per heavy atom. The molecule has 1 fully saturated rings. The Balaban J connectivity index is 1.59. The Hall–Kier alpha value is -1.86. The predicted octanol–water partition coefficient (Wildman–Crippen LogP) is 4.02. The molecule has 0 spiro atoms. The predicted molar refractivity (Wildman–Crippen MR) is 83.8 cm³/mol. The average Bonchev–Trinajstić information content (AvgIpc) is 3.24. The van der Waals surface area contributed by atoms with Crippen LogP contribution in [0.3, 0.4) is 0 Å². The molecule has 1 heterocycles. The van der Waals surface area contributed by atoms with Crippen LogP contribution in [0.2, 0.25) is 0 Å². The van der Waals surface area contributed by atoms with E-state index in [1.165, 1.54) is 24.1 Å². The lowest BCUT2D eigenvalue weighted by Crippen LogP contribution is -2.01. The van der Waals surface area contributed by atoms with Crippen LogP contribution < -0.4 is 4.74 Å². The summed E-state index contributed by atoms with van der Waals surface area (Å²) in [4.78, 5) is 5.88. The molecule has 0 N–H and O–H groups in total. The van der Waals surface area contributed by atoms with Crippen molar-refractivity contribution in [1.29, 1.82) is 5.26 Å². The Morgan fingerprint density at radius 2 is 2.10 bits per heavy atom. The molecule has 21 heavy (non-hydrogen) atoms. The summed E-state index contributed by atoms with van der Waals surface area (Å²) < 4.78 is 5.75. The van der Waals surface area contributed by atoms with Gasteiger partial charge in [-0.05, 0) is 31.9 Å². The molecule has 1 aliphatic rings. The summed E-state index contributed by atoms with van der Waals surface area (Å²) in [5.41, 5.74) is 2.41. The van der Waals surface area contributed by atoms with Gasteiger partial charge < -0.3 is 4.74 Å². The Kier molecular flexibility index (Phi) is 4.21. The second kappa shape index (κ2) is 6.28. The van der Waals surface area contributed by atoms with Crippen LogP contribution in [0.15, 0.2) is 24.3 Å². The second-order valence-electron chi connectivity index (χ2n) is 5.44. The average molecular weight is 298 g/mol. The number of thiazole rings is 1. The van der Waals surface area contributed by atoms with Crippen molar-refractivity contribution in [2.75, 3.05) is 6.61 Å². The smallest absolute Gasteiger partial charge is 0.119 e. The molecule has 0 bridgehead atoms. The monoisotopic (exact) mass is 298 g/mol. The number of nitriles is 1. The fourth-order valence-electron chi connectivity index (χ4n) is 2.29. The van der Waals surface area contributed by atoms with Crippen molar-refractivity contribution in [3.8, 4) is 11.8 Å². The standard InChI is InChI=1S/C17H18N2OS/c1-12-2-6-14(7-3-12)20-11-9-16-19-17(13-4-5-13)15(21-16)8-10-18/h2-3,6-7,13H,4-5,8-9,11H2,1H3. The van der Waals surface area contributed by atoms with Crippen molar-refractivity contribution in [2.45, 2.75) is 38.5 Å². The van der Waals surface area contributed by atoms with Gasteiger partial charge in [-0.2, -0.15) is 5.26 Å². The Morgan fingerprint density at radius 3 is 2.76 bits per heavy atom. The maximum absolute atomic E-state index is 8.91. The van der Waals surface area contributed by atoms with E-state index in [1.807, 2.05) is 12.1 Å². The van der Waals surface area contributed by atoms with Crippen molar-refractivity contribution >= 4 is 11.3 Å². The molecular weight excluding hydrogens is 280 g/mol. The summed E-state index contributed by atoms with van der Waals surface area (Å²) in [6, 6.07) is 10.3. The molecule has 0 atom stereocenters. The van der Waals surface area contributed by atoms with Gasteiger partial charge in [-0.25, -0.2) is 4.98 Å². The first kappa shape index (κ1) is 14.1. The first-order valence-electron chi connectivity index (χ1n) is 7.31. The summed E-state index contributed by atoms with van der Waals surface area (Å²) in [5, 5.41) is 10.00. The van der Waals surface area contributed by atoms with Crippen LogP contribution in [-0.4, -0.2) is 11.6 Å². The van der Waals surface area contributed by atoms with Crippen molar-refractivity contribution in [2.24, 2.45) is 0 Å². The minimum absolute atomic E-state index is 0.488. The number of aromatic nitrogens is 1. The molecular formula is C17H18N2OS. The quantitative estimate of drug-likeness (QED) is 0.809. The topological polar surface area (TPSA) is 45.9 Å². The van der Waals surface area contributed by atoms with Gasteiger partial charge in [-0.15, -0.1) is 11.3 Å². The highest BCUT2D eigenvalue weighted by Crippen LogP contribution is 2.42. The van der Waals surface area contributed by atoms with Crippen LogP contribution in [0.1, 0.15) is 39.9 Å². The molecule has 3 rings (SSSR count).